The van der Waals surface area contributed by atoms with E-state index in [4.69, 9.17) is 8.83 Å². The quantitative estimate of drug-likeness (QED) is 0.152. The molecule has 2 aromatic heterocycles. The van der Waals surface area contributed by atoms with Crippen molar-refractivity contribution < 1.29 is 8.83 Å². The van der Waals surface area contributed by atoms with Gasteiger partial charge in [0.05, 0.1) is 0 Å². The second-order valence-corrected chi connectivity index (χ2v) is 22.7. The molecule has 13 rings (SSSR count). The molecule has 0 saturated carbocycles. The van der Waals surface area contributed by atoms with E-state index in [1.54, 1.807) is 0 Å². The molecule has 0 spiro atoms. The number of furan rings is 2. The zero-order chi connectivity index (χ0) is 52.0. The van der Waals surface area contributed by atoms with Gasteiger partial charge in [0.2, 0.25) is 0 Å². The van der Waals surface area contributed by atoms with Crippen molar-refractivity contribution >= 4 is 99.5 Å². The molecule has 13 aromatic rings. The summed E-state index contributed by atoms with van der Waals surface area (Å²) in [6, 6.07) is 79.4. The molecule has 0 saturated heterocycles. The number of benzene rings is 11. The standard InChI is InChI=1S/C72H60N2O2/c1-45-29-33-53(71(3,4)5)43-61(45)73(55-25-17-11-18-26-55)57-35-31-49-39-59-63(41-51(49)37-57)75-69-66(48-23-15-10-16-24-48)68-60-40-50-32-36-58(38-52(50)42-64(60)76-70(68)65(67(59)69)47-21-13-9-14-22-47)74(56-27-19-12-20-28-56)62-44-54(72(6,7)8)34-30-46(62)2/h9-44H,1-8H3. The minimum absolute atomic E-state index is 0.00599. The Balaban J connectivity index is 1.04. The van der Waals surface area contributed by atoms with Crippen molar-refractivity contribution in [1.82, 2.24) is 0 Å². The molecule has 370 valence electrons. The number of hydrogen-bond donors (Lipinski definition) is 0. The lowest BCUT2D eigenvalue weighted by atomic mass is 9.86. The first-order valence-corrected chi connectivity index (χ1v) is 26.6. The Morgan fingerprint density at radius 2 is 0.697 bits per heavy atom. The molecule has 0 radical (unpaired) electrons. The van der Waals surface area contributed by atoms with Crippen LogP contribution in [0.25, 0.3) is 87.7 Å². The number of nitrogens with zero attached hydrogens (tertiary/aromatic N) is 2. The van der Waals surface area contributed by atoms with E-state index < -0.39 is 0 Å². The van der Waals surface area contributed by atoms with Gasteiger partial charge in [-0.1, -0.05) is 175 Å². The molecule has 0 unspecified atom stereocenters. The fourth-order valence-electron chi connectivity index (χ4n) is 11.4. The largest absolute Gasteiger partial charge is 0.455 e. The first-order chi connectivity index (χ1) is 36.8. The SMILES string of the molecule is Cc1ccc(C(C)(C)C)cc1N(c1ccccc1)c1ccc2cc3c(cc2c1)oc1c(-c2ccccc2)c2c(oc4cc5cc(N(c6ccccc6)c6cc(C(C)(C)C)ccc6C)ccc5cc42)c(-c2ccccc2)c13. The fraction of sp³-hybridized carbons (Fsp3) is 0.139. The Kier molecular flexibility index (Phi) is 11.1. The minimum atomic E-state index is -0.00599. The fourth-order valence-corrected chi connectivity index (χ4v) is 11.4. The second-order valence-electron chi connectivity index (χ2n) is 22.7. The van der Waals surface area contributed by atoms with E-state index in [1.165, 1.54) is 22.3 Å². The summed E-state index contributed by atoms with van der Waals surface area (Å²) in [6.45, 7) is 18.1. The van der Waals surface area contributed by atoms with Crippen LogP contribution in [0.15, 0.2) is 227 Å². The normalized spacial score (nSPS) is 12.2. The minimum Gasteiger partial charge on any atom is -0.455 e. The highest BCUT2D eigenvalue weighted by atomic mass is 16.3. The molecule has 0 aliphatic rings. The summed E-state index contributed by atoms with van der Waals surface area (Å²) in [4.78, 5) is 4.79. The average Bonchev–Trinajstić information content (AvgIpc) is 4.11. The number of aryl methyl sites for hydroxylation is 2. The van der Waals surface area contributed by atoms with Gasteiger partial charge in [-0.25, -0.2) is 0 Å². The van der Waals surface area contributed by atoms with Crippen molar-refractivity contribution in [1.29, 1.82) is 0 Å². The van der Waals surface area contributed by atoms with Crippen LogP contribution in [0.5, 0.6) is 0 Å². The maximum Gasteiger partial charge on any atom is 0.144 e. The van der Waals surface area contributed by atoms with E-state index in [2.05, 4.69) is 284 Å². The molecule has 76 heavy (non-hydrogen) atoms. The first-order valence-electron chi connectivity index (χ1n) is 26.6. The summed E-state index contributed by atoms with van der Waals surface area (Å²) in [5.41, 5.74) is 19.2. The van der Waals surface area contributed by atoms with E-state index >= 15 is 0 Å². The van der Waals surface area contributed by atoms with Crippen LogP contribution in [0, 0.1) is 13.8 Å². The van der Waals surface area contributed by atoms with Crippen molar-refractivity contribution in [3.8, 4) is 22.3 Å². The van der Waals surface area contributed by atoms with E-state index in [9.17, 15) is 0 Å². The molecule has 11 aromatic carbocycles. The van der Waals surface area contributed by atoms with Crippen LogP contribution >= 0.6 is 0 Å². The summed E-state index contributed by atoms with van der Waals surface area (Å²) in [6.07, 6.45) is 0. The van der Waals surface area contributed by atoms with E-state index in [-0.39, 0.29) is 10.8 Å². The van der Waals surface area contributed by atoms with Crippen LogP contribution in [0.4, 0.5) is 34.1 Å². The van der Waals surface area contributed by atoms with Gasteiger partial charge >= 0.3 is 0 Å². The molecule has 0 N–H and O–H groups in total. The van der Waals surface area contributed by atoms with Gasteiger partial charge in [-0.05, 0) is 165 Å². The van der Waals surface area contributed by atoms with Gasteiger partial charge in [0.25, 0.3) is 0 Å². The van der Waals surface area contributed by atoms with Crippen LogP contribution in [-0.4, -0.2) is 0 Å². The van der Waals surface area contributed by atoms with Gasteiger partial charge in [0.15, 0.2) is 0 Å². The Morgan fingerprint density at radius 3 is 1.07 bits per heavy atom. The third kappa shape index (κ3) is 7.99. The predicted octanol–water partition coefficient (Wildman–Crippen LogP) is 21.3. The highest BCUT2D eigenvalue weighted by Crippen LogP contribution is 2.52. The maximum atomic E-state index is 7.37. The Hall–Kier alpha value is -8.86. The second kappa shape index (κ2) is 17.9. The molecule has 4 heteroatoms. The number of rotatable bonds is 8. The Morgan fingerprint density at radius 1 is 0.329 bits per heavy atom. The van der Waals surface area contributed by atoms with E-state index in [1.807, 2.05) is 0 Å². The zero-order valence-corrected chi connectivity index (χ0v) is 44.5. The molecule has 0 bridgehead atoms. The van der Waals surface area contributed by atoms with Gasteiger partial charge in [-0.15, -0.1) is 0 Å². The number of anilines is 6. The molecule has 2 heterocycles. The van der Waals surface area contributed by atoms with Crippen molar-refractivity contribution in [3.63, 3.8) is 0 Å². The molecular weight excluding hydrogens is 925 g/mol. The van der Waals surface area contributed by atoms with Crippen LogP contribution in [0.1, 0.15) is 63.8 Å². The van der Waals surface area contributed by atoms with Gasteiger partial charge in [-0.3, -0.25) is 0 Å². The third-order valence-electron chi connectivity index (χ3n) is 15.5. The lowest BCUT2D eigenvalue weighted by Gasteiger charge is -2.29. The van der Waals surface area contributed by atoms with E-state index in [0.717, 1.165) is 122 Å². The van der Waals surface area contributed by atoms with Gasteiger partial charge in [0.1, 0.15) is 22.3 Å². The zero-order valence-electron chi connectivity index (χ0n) is 44.5. The average molecular weight is 985 g/mol. The van der Waals surface area contributed by atoms with Crippen molar-refractivity contribution in [2.75, 3.05) is 9.80 Å². The summed E-state index contributed by atoms with van der Waals surface area (Å²) in [7, 11) is 0. The highest BCUT2D eigenvalue weighted by Gasteiger charge is 2.28. The number of para-hydroxylation sites is 2. The third-order valence-corrected chi connectivity index (χ3v) is 15.5. The van der Waals surface area contributed by atoms with Gasteiger partial charge in [0, 0.05) is 66.8 Å². The predicted molar refractivity (Wildman–Crippen MR) is 323 cm³/mol. The Bertz CT molecular complexity index is 4080. The summed E-state index contributed by atoms with van der Waals surface area (Å²) in [5, 5.41) is 8.62. The summed E-state index contributed by atoms with van der Waals surface area (Å²) >= 11 is 0. The lowest BCUT2D eigenvalue weighted by molar-refractivity contribution is 0.590. The smallest absolute Gasteiger partial charge is 0.144 e. The van der Waals surface area contributed by atoms with Crippen LogP contribution < -0.4 is 9.80 Å². The van der Waals surface area contributed by atoms with Crippen molar-refractivity contribution in [2.24, 2.45) is 0 Å². The van der Waals surface area contributed by atoms with Gasteiger partial charge < -0.3 is 18.6 Å². The van der Waals surface area contributed by atoms with Crippen molar-refractivity contribution in [2.45, 2.75) is 66.2 Å². The number of hydrogen-bond acceptors (Lipinski definition) is 4. The monoisotopic (exact) mass is 984 g/mol. The summed E-state index contributed by atoms with van der Waals surface area (Å²) in [5.74, 6) is 0. The maximum absolute atomic E-state index is 7.37. The molecule has 0 aliphatic heterocycles. The molecule has 0 fully saturated rings. The van der Waals surface area contributed by atoms with Crippen molar-refractivity contribution in [3.05, 3.63) is 241 Å². The molecular formula is C72H60N2O2. The highest BCUT2D eigenvalue weighted by molar-refractivity contribution is 6.31. The molecule has 0 atom stereocenters. The molecule has 0 aliphatic carbocycles. The molecule has 4 nitrogen and oxygen atoms in total. The Labute approximate surface area is 445 Å². The van der Waals surface area contributed by atoms with Gasteiger partial charge in [-0.2, -0.15) is 0 Å². The topological polar surface area (TPSA) is 32.8 Å². The lowest BCUT2D eigenvalue weighted by Crippen LogP contribution is -2.15. The van der Waals surface area contributed by atoms with Crippen LogP contribution in [0.2, 0.25) is 0 Å². The number of fused-ring (bicyclic) bond motifs is 8. The first kappa shape index (κ1) is 46.9. The summed E-state index contributed by atoms with van der Waals surface area (Å²) < 4.78 is 14.7. The van der Waals surface area contributed by atoms with E-state index in [0.29, 0.717) is 0 Å². The molecule has 0 amide bonds. The van der Waals surface area contributed by atoms with Crippen LogP contribution in [-0.2, 0) is 10.8 Å². The van der Waals surface area contributed by atoms with Crippen LogP contribution in [0.3, 0.4) is 0 Å².